The number of nitrogens with zero attached hydrogens (tertiary/aromatic N) is 1. The van der Waals surface area contributed by atoms with Crippen molar-refractivity contribution in [1.82, 2.24) is 0 Å². The number of carbonyl (C=O) groups excluding carboxylic acids is 1. The molecule has 0 aromatic heterocycles. The minimum absolute atomic E-state index is 0.0649. The Morgan fingerprint density at radius 1 is 1.03 bits per heavy atom. The number of halogens is 1. The minimum atomic E-state index is -0.652. The number of nitriles is 1. The van der Waals surface area contributed by atoms with Crippen LogP contribution in [-0.2, 0) is 13.0 Å². The van der Waals surface area contributed by atoms with E-state index in [2.05, 4.69) is 11.4 Å². The number of nitrogens with one attached hydrogen (secondary N) is 1. The summed E-state index contributed by atoms with van der Waals surface area (Å²) in [6.07, 6.45) is 0.358. The van der Waals surface area contributed by atoms with Gasteiger partial charge in [-0.25, -0.2) is 4.39 Å². The van der Waals surface area contributed by atoms with Crippen molar-refractivity contribution in [1.29, 1.82) is 5.26 Å². The SMILES string of the molecule is COc1ccc(C(=O)Nc2cccc(COc3ccc(CC#N)cc3)c2)c(F)c1. The molecular formula is C23H19FN2O3. The van der Waals surface area contributed by atoms with Crippen LogP contribution < -0.4 is 14.8 Å². The van der Waals surface area contributed by atoms with Gasteiger partial charge >= 0.3 is 0 Å². The molecule has 0 unspecified atom stereocenters. The molecule has 1 amide bonds. The second kappa shape index (κ2) is 9.38. The molecule has 3 aromatic rings. The van der Waals surface area contributed by atoms with Crippen molar-refractivity contribution in [3.05, 3.63) is 89.2 Å². The summed E-state index contributed by atoms with van der Waals surface area (Å²) < 4.78 is 24.8. The van der Waals surface area contributed by atoms with Crippen molar-refractivity contribution in [3.8, 4) is 17.6 Å². The Bertz CT molecular complexity index is 1040. The van der Waals surface area contributed by atoms with Gasteiger partial charge in [-0.05, 0) is 47.5 Å². The van der Waals surface area contributed by atoms with Crippen molar-refractivity contribution in [2.45, 2.75) is 13.0 Å². The first-order valence-electron chi connectivity index (χ1n) is 8.91. The summed E-state index contributed by atoms with van der Waals surface area (Å²) in [5.41, 5.74) is 2.25. The summed E-state index contributed by atoms with van der Waals surface area (Å²) in [6, 6.07) is 20.6. The highest BCUT2D eigenvalue weighted by atomic mass is 19.1. The highest BCUT2D eigenvalue weighted by molar-refractivity contribution is 6.04. The number of hydrogen-bond acceptors (Lipinski definition) is 4. The molecule has 0 saturated heterocycles. The summed E-state index contributed by atoms with van der Waals surface area (Å²) in [4.78, 5) is 12.4. The minimum Gasteiger partial charge on any atom is -0.497 e. The number of amides is 1. The molecule has 0 aliphatic rings. The van der Waals surface area contributed by atoms with Gasteiger partial charge < -0.3 is 14.8 Å². The van der Waals surface area contributed by atoms with Gasteiger partial charge in [-0.15, -0.1) is 0 Å². The molecule has 0 aliphatic carbocycles. The predicted molar refractivity (Wildman–Crippen MR) is 107 cm³/mol. The second-order valence-corrected chi connectivity index (χ2v) is 6.27. The van der Waals surface area contributed by atoms with Crippen molar-refractivity contribution >= 4 is 11.6 Å². The zero-order valence-electron chi connectivity index (χ0n) is 15.8. The van der Waals surface area contributed by atoms with Crippen LogP contribution in [0.25, 0.3) is 0 Å². The third kappa shape index (κ3) is 5.33. The Labute approximate surface area is 168 Å². The fourth-order valence-electron chi connectivity index (χ4n) is 2.71. The average molecular weight is 390 g/mol. The molecule has 0 aliphatic heterocycles. The average Bonchev–Trinajstić information content (AvgIpc) is 2.73. The van der Waals surface area contributed by atoms with Crippen LogP contribution in [0.15, 0.2) is 66.7 Å². The number of ether oxygens (including phenoxy) is 2. The van der Waals surface area contributed by atoms with Gasteiger partial charge in [0.2, 0.25) is 0 Å². The van der Waals surface area contributed by atoms with Gasteiger partial charge in [0, 0.05) is 11.8 Å². The molecular weight excluding hydrogens is 371 g/mol. The van der Waals surface area contributed by atoms with E-state index in [1.807, 2.05) is 30.3 Å². The van der Waals surface area contributed by atoms with E-state index in [1.54, 1.807) is 18.2 Å². The highest BCUT2D eigenvalue weighted by Gasteiger charge is 2.13. The van der Waals surface area contributed by atoms with Crippen molar-refractivity contribution in [3.63, 3.8) is 0 Å². The lowest BCUT2D eigenvalue weighted by Crippen LogP contribution is -2.14. The summed E-state index contributed by atoms with van der Waals surface area (Å²) in [6.45, 7) is 0.304. The third-order valence-corrected chi connectivity index (χ3v) is 4.22. The molecule has 0 heterocycles. The zero-order chi connectivity index (χ0) is 20.6. The van der Waals surface area contributed by atoms with Crippen LogP contribution in [0.2, 0.25) is 0 Å². The van der Waals surface area contributed by atoms with Crippen LogP contribution in [0, 0.1) is 17.1 Å². The second-order valence-electron chi connectivity index (χ2n) is 6.27. The van der Waals surface area contributed by atoms with E-state index < -0.39 is 11.7 Å². The van der Waals surface area contributed by atoms with Gasteiger partial charge in [-0.1, -0.05) is 24.3 Å². The van der Waals surface area contributed by atoms with Crippen LogP contribution in [-0.4, -0.2) is 13.0 Å². The molecule has 29 heavy (non-hydrogen) atoms. The van der Waals surface area contributed by atoms with Crippen LogP contribution >= 0.6 is 0 Å². The van der Waals surface area contributed by atoms with E-state index in [0.717, 1.165) is 11.1 Å². The third-order valence-electron chi connectivity index (χ3n) is 4.22. The fourth-order valence-corrected chi connectivity index (χ4v) is 2.71. The molecule has 0 radical (unpaired) electrons. The lowest BCUT2D eigenvalue weighted by atomic mass is 10.1. The normalized spacial score (nSPS) is 10.1. The molecule has 1 N–H and O–H groups in total. The molecule has 0 spiro atoms. The summed E-state index contributed by atoms with van der Waals surface area (Å²) in [5.74, 6) is -0.169. The molecule has 3 rings (SSSR count). The first-order chi connectivity index (χ1) is 14.1. The monoisotopic (exact) mass is 390 g/mol. The quantitative estimate of drug-likeness (QED) is 0.633. The Morgan fingerprint density at radius 3 is 2.48 bits per heavy atom. The molecule has 0 bridgehead atoms. The standard InChI is InChI=1S/C23H19FN2O3/c1-28-20-9-10-21(22(24)14-20)23(27)26-18-4-2-3-17(13-18)15-29-19-7-5-16(6-8-19)11-12-25/h2-10,13-14H,11,15H2,1H3,(H,26,27). The van der Waals surface area contributed by atoms with Gasteiger partial charge in [0.05, 0.1) is 25.2 Å². The fraction of sp³-hybridized carbons (Fsp3) is 0.130. The van der Waals surface area contributed by atoms with Gasteiger partial charge in [0.15, 0.2) is 0 Å². The molecule has 5 nitrogen and oxygen atoms in total. The van der Waals surface area contributed by atoms with E-state index in [-0.39, 0.29) is 5.56 Å². The molecule has 3 aromatic carbocycles. The molecule has 0 saturated carbocycles. The number of anilines is 1. The topological polar surface area (TPSA) is 71.3 Å². The number of carbonyl (C=O) groups is 1. The first-order valence-corrected chi connectivity index (χ1v) is 8.91. The largest absolute Gasteiger partial charge is 0.497 e. The van der Waals surface area contributed by atoms with Gasteiger partial charge in [-0.2, -0.15) is 5.26 Å². The molecule has 0 fully saturated rings. The Kier molecular flexibility index (Phi) is 6.43. The number of benzene rings is 3. The van der Waals surface area contributed by atoms with E-state index in [1.165, 1.54) is 25.3 Å². The van der Waals surface area contributed by atoms with Crippen LogP contribution in [0.5, 0.6) is 11.5 Å². The maximum absolute atomic E-state index is 14.1. The Morgan fingerprint density at radius 2 is 1.79 bits per heavy atom. The number of rotatable bonds is 7. The lowest BCUT2D eigenvalue weighted by molar-refractivity contribution is 0.102. The molecule has 0 atom stereocenters. The smallest absolute Gasteiger partial charge is 0.258 e. The van der Waals surface area contributed by atoms with E-state index in [9.17, 15) is 9.18 Å². The van der Waals surface area contributed by atoms with Crippen LogP contribution in [0.3, 0.4) is 0 Å². The summed E-state index contributed by atoms with van der Waals surface area (Å²) in [5, 5.41) is 11.4. The van der Waals surface area contributed by atoms with Gasteiger partial charge in [0.1, 0.15) is 23.9 Å². The van der Waals surface area contributed by atoms with Crippen molar-refractivity contribution in [2.24, 2.45) is 0 Å². The van der Waals surface area contributed by atoms with Gasteiger partial charge in [-0.3, -0.25) is 4.79 Å². The lowest BCUT2D eigenvalue weighted by Gasteiger charge is -2.10. The first kappa shape index (κ1) is 19.9. The maximum Gasteiger partial charge on any atom is 0.258 e. The highest BCUT2D eigenvalue weighted by Crippen LogP contribution is 2.19. The van der Waals surface area contributed by atoms with E-state index in [4.69, 9.17) is 14.7 Å². The number of hydrogen-bond donors (Lipinski definition) is 1. The Balaban J connectivity index is 1.63. The summed E-state index contributed by atoms with van der Waals surface area (Å²) >= 11 is 0. The van der Waals surface area contributed by atoms with E-state index in [0.29, 0.717) is 30.2 Å². The Hall–Kier alpha value is -3.85. The van der Waals surface area contributed by atoms with Crippen LogP contribution in [0.1, 0.15) is 21.5 Å². The zero-order valence-corrected chi connectivity index (χ0v) is 15.8. The molecule has 6 heteroatoms. The van der Waals surface area contributed by atoms with E-state index >= 15 is 0 Å². The molecule has 146 valence electrons. The van der Waals surface area contributed by atoms with Crippen LogP contribution in [0.4, 0.5) is 10.1 Å². The predicted octanol–water partition coefficient (Wildman–Crippen LogP) is 4.73. The number of methoxy groups -OCH3 is 1. The van der Waals surface area contributed by atoms with Gasteiger partial charge in [0.25, 0.3) is 5.91 Å². The summed E-state index contributed by atoms with van der Waals surface area (Å²) in [7, 11) is 1.43. The van der Waals surface area contributed by atoms with Crippen molar-refractivity contribution in [2.75, 3.05) is 12.4 Å². The van der Waals surface area contributed by atoms with Crippen molar-refractivity contribution < 1.29 is 18.7 Å². The maximum atomic E-state index is 14.1.